The van der Waals surface area contributed by atoms with Crippen LogP contribution in [0, 0.1) is 6.92 Å². The fourth-order valence-corrected chi connectivity index (χ4v) is 3.29. The highest BCUT2D eigenvalue weighted by Gasteiger charge is 2.17. The topological polar surface area (TPSA) is 55.1 Å². The number of benzene rings is 2. The van der Waals surface area contributed by atoms with E-state index in [2.05, 4.69) is 17.9 Å². The molecule has 1 N–H and O–H groups in total. The predicted octanol–water partition coefficient (Wildman–Crippen LogP) is 4.82. The van der Waals surface area contributed by atoms with Crippen LogP contribution in [-0.4, -0.2) is 35.9 Å². The van der Waals surface area contributed by atoms with E-state index in [1.807, 2.05) is 61.5 Å². The van der Waals surface area contributed by atoms with E-state index in [4.69, 9.17) is 13.9 Å². The van der Waals surface area contributed by atoms with Crippen molar-refractivity contribution in [3.63, 3.8) is 0 Å². The third-order valence-corrected chi connectivity index (χ3v) is 4.78. The van der Waals surface area contributed by atoms with Gasteiger partial charge in [0.2, 0.25) is 0 Å². The summed E-state index contributed by atoms with van der Waals surface area (Å²) >= 11 is 0. The summed E-state index contributed by atoms with van der Waals surface area (Å²) in [5.74, 6) is 2.54. The van der Waals surface area contributed by atoms with E-state index in [-0.39, 0.29) is 6.61 Å². The molecule has 3 rings (SSSR count). The molecular weight excluding hydrogens is 378 g/mol. The first-order chi connectivity index (χ1) is 14.7. The molecule has 1 heterocycles. The van der Waals surface area contributed by atoms with Crippen LogP contribution in [0.4, 0.5) is 0 Å². The average Bonchev–Trinajstić information content (AvgIpc) is 3.25. The van der Waals surface area contributed by atoms with Gasteiger partial charge in [-0.2, -0.15) is 0 Å². The Bertz CT molecular complexity index is 878. The summed E-state index contributed by atoms with van der Waals surface area (Å²) in [6.45, 7) is 6.69. The van der Waals surface area contributed by atoms with Crippen LogP contribution in [0.1, 0.15) is 30.2 Å². The third-order valence-electron chi connectivity index (χ3n) is 4.78. The van der Waals surface area contributed by atoms with Crippen molar-refractivity contribution >= 4 is 0 Å². The molecule has 0 aliphatic rings. The lowest BCUT2D eigenvalue weighted by atomic mass is 10.1. The zero-order chi connectivity index (χ0) is 21.2. The summed E-state index contributed by atoms with van der Waals surface area (Å²) in [6.07, 6.45) is 1.99. The second-order valence-electron chi connectivity index (χ2n) is 7.44. The monoisotopic (exact) mass is 409 g/mol. The summed E-state index contributed by atoms with van der Waals surface area (Å²) in [4.78, 5) is 2.15. The number of furan rings is 1. The SMILES string of the molecule is CCCOc1ccccc1CN(Cc1ccco1)CC(O)COc1ccccc1C. The zero-order valence-corrected chi connectivity index (χ0v) is 17.8. The molecule has 30 heavy (non-hydrogen) atoms. The summed E-state index contributed by atoms with van der Waals surface area (Å²) in [6, 6.07) is 19.7. The van der Waals surface area contributed by atoms with Gasteiger partial charge in [0.25, 0.3) is 0 Å². The van der Waals surface area contributed by atoms with Crippen LogP contribution in [0.3, 0.4) is 0 Å². The molecule has 0 amide bonds. The molecule has 0 saturated carbocycles. The second kappa shape index (κ2) is 11.4. The molecule has 1 atom stereocenters. The van der Waals surface area contributed by atoms with Crippen molar-refractivity contribution in [2.24, 2.45) is 0 Å². The Morgan fingerprint density at radius 1 is 0.933 bits per heavy atom. The van der Waals surface area contributed by atoms with Gasteiger partial charge in [0.15, 0.2) is 0 Å². The largest absolute Gasteiger partial charge is 0.493 e. The predicted molar refractivity (Wildman–Crippen MR) is 118 cm³/mol. The number of aliphatic hydroxyl groups excluding tert-OH is 1. The summed E-state index contributed by atoms with van der Waals surface area (Å²) < 4.78 is 17.3. The first-order valence-corrected chi connectivity index (χ1v) is 10.5. The highest BCUT2D eigenvalue weighted by molar-refractivity contribution is 5.33. The lowest BCUT2D eigenvalue weighted by Gasteiger charge is -2.25. The maximum Gasteiger partial charge on any atom is 0.123 e. The second-order valence-corrected chi connectivity index (χ2v) is 7.44. The summed E-state index contributed by atoms with van der Waals surface area (Å²) in [5.41, 5.74) is 2.14. The van der Waals surface area contributed by atoms with E-state index in [1.54, 1.807) is 6.26 Å². The van der Waals surface area contributed by atoms with Crippen LogP contribution in [-0.2, 0) is 13.1 Å². The molecule has 5 nitrogen and oxygen atoms in total. The Morgan fingerprint density at radius 2 is 1.70 bits per heavy atom. The van der Waals surface area contributed by atoms with E-state index in [0.29, 0.717) is 26.2 Å². The lowest BCUT2D eigenvalue weighted by molar-refractivity contribution is 0.0599. The van der Waals surface area contributed by atoms with Crippen LogP contribution < -0.4 is 9.47 Å². The molecule has 0 aliphatic heterocycles. The molecule has 0 bridgehead atoms. The van der Waals surface area contributed by atoms with Gasteiger partial charge in [-0.25, -0.2) is 0 Å². The van der Waals surface area contributed by atoms with Crippen molar-refractivity contribution in [3.8, 4) is 11.5 Å². The molecule has 3 aromatic rings. The van der Waals surface area contributed by atoms with Crippen molar-refractivity contribution in [2.75, 3.05) is 19.8 Å². The van der Waals surface area contributed by atoms with E-state index < -0.39 is 6.10 Å². The van der Waals surface area contributed by atoms with Crippen molar-refractivity contribution in [2.45, 2.75) is 39.5 Å². The highest BCUT2D eigenvalue weighted by Crippen LogP contribution is 2.22. The third kappa shape index (κ3) is 6.65. The minimum Gasteiger partial charge on any atom is -0.493 e. The van der Waals surface area contributed by atoms with Gasteiger partial charge < -0.3 is 19.0 Å². The van der Waals surface area contributed by atoms with Crippen molar-refractivity contribution in [3.05, 3.63) is 83.8 Å². The van der Waals surface area contributed by atoms with E-state index in [1.165, 1.54) is 0 Å². The molecule has 0 radical (unpaired) electrons. The molecular formula is C25H31NO4. The van der Waals surface area contributed by atoms with Gasteiger partial charge in [-0.1, -0.05) is 43.3 Å². The molecule has 1 aromatic heterocycles. The van der Waals surface area contributed by atoms with E-state index in [0.717, 1.165) is 34.8 Å². The Hall–Kier alpha value is -2.76. The van der Waals surface area contributed by atoms with E-state index in [9.17, 15) is 5.11 Å². The van der Waals surface area contributed by atoms with Gasteiger partial charge in [-0.15, -0.1) is 0 Å². The number of aryl methyl sites for hydroxylation is 1. The maximum atomic E-state index is 10.7. The van der Waals surface area contributed by atoms with Crippen molar-refractivity contribution in [1.82, 2.24) is 4.90 Å². The Labute approximate surface area is 178 Å². The van der Waals surface area contributed by atoms with Crippen molar-refractivity contribution < 1.29 is 19.0 Å². The first kappa shape index (κ1) is 21.9. The molecule has 5 heteroatoms. The Kier molecular flexibility index (Phi) is 8.36. The van der Waals surface area contributed by atoms with Crippen LogP contribution in [0.2, 0.25) is 0 Å². The zero-order valence-electron chi connectivity index (χ0n) is 17.8. The molecule has 160 valence electrons. The first-order valence-electron chi connectivity index (χ1n) is 10.5. The van der Waals surface area contributed by atoms with Crippen LogP contribution in [0.25, 0.3) is 0 Å². The van der Waals surface area contributed by atoms with Crippen molar-refractivity contribution in [1.29, 1.82) is 0 Å². The quantitative estimate of drug-likeness (QED) is 0.465. The normalized spacial score (nSPS) is 12.1. The summed E-state index contributed by atoms with van der Waals surface area (Å²) in [5, 5.41) is 10.7. The van der Waals surface area contributed by atoms with Crippen LogP contribution in [0.15, 0.2) is 71.3 Å². The van der Waals surface area contributed by atoms with E-state index >= 15 is 0 Å². The summed E-state index contributed by atoms with van der Waals surface area (Å²) in [7, 11) is 0. The van der Waals surface area contributed by atoms with Crippen LogP contribution >= 0.6 is 0 Å². The fourth-order valence-electron chi connectivity index (χ4n) is 3.29. The molecule has 2 aromatic carbocycles. The number of hydrogen-bond donors (Lipinski definition) is 1. The molecule has 0 spiro atoms. The van der Waals surface area contributed by atoms with Gasteiger partial charge in [-0.05, 0) is 43.2 Å². The average molecular weight is 410 g/mol. The smallest absolute Gasteiger partial charge is 0.123 e. The van der Waals surface area contributed by atoms with Gasteiger partial charge >= 0.3 is 0 Å². The molecule has 1 unspecified atom stereocenters. The minimum absolute atomic E-state index is 0.230. The Morgan fingerprint density at radius 3 is 2.43 bits per heavy atom. The minimum atomic E-state index is -0.636. The Balaban J connectivity index is 1.66. The number of para-hydroxylation sites is 2. The highest BCUT2D eigenvalue weighted by atomic mass is 16.5. The van der Waals surface area contributed by atoms with Gasteiger partial charge in [0.1, 0.15) is 30.0 Å². The molecule has 0 saturated heterocycles. The lowest BCUT2D eigenvalue weighted by Crippen LogP contribution is -2.35. The molecule has 0 fully saturated rings. The maximum absolute atomic E-state index is 10.7. The fraction of sp³-hybridized carbons (Fsp3) is 0.360. The van der Waals surface area contributed by atoms with Gasteiger partial charge in [0.05, 0.1) is 19.4 Å². The van der Waals surface area contributed by atoms with Gasteiger partial charge in [-0.3, -0.25) is 4.90 Å². The number of aliphatic hydroxyl groups is 1. The van der Waals surface area contributed by atoms with Gasteiger partial charge in [0, 0.05) is 18.7 Å². The van der Waals surface area contributed by atoms with Crippen LogP contribution in [0.5, 0.6) is 11.5 Å². The molecule has 0 aliphatic carbocycles. The number of rotatable bonds is 12. The number of ether oxygens (including phenoxy) is 2. The number of hydrogen-bond acceptors (Lipinski definition) is 5. The number of nitrogens with zero attached hydrogens (tertiary/aromatic N) is 1. The standard InChI is InChI=1S/C25H31NO4/c1-3-14-29-25-13-7-5-10-21(25)16-26(18-23-11-8-15-28-23)17-22(27)19-30-24-12-6-4-9-20(24)2/h4-13,15,22,27H,3,14,16-19H2,1-2H3.